The molecule has 1 rings (SSSR count). The molecule has 0 aliphatic heterocycles. The van der Waals surface area contributed by atoms with Crippen LogP contribution in [0.3, 0.4) is 0 Å². The third-order valence-corrected chi connectivity index (χ3v) is 0.965. The molecule has 1 aromatic rings. The maximum Gasteiger partial charge on any atom is 1.00 e. The third kappa shape index (κ3) is 2.52. The standard InChI is InChI=1S/C7H5O2.Na/c8-7(9)6-4-2-1-3-5-6;/h2-5H,(H,8,9);/q-1;+1. The van der Waals surface area contributed by atoms with Crippen LogP contribution in [0.25, 0.3) is 0 Å². The first-order valence-corrected chi connectivity index (χ1v) is 2.50. The van der Waals surface area contributed by atoms with Crippen LogP contribution in [-0.4, -0.2) is 11.1 Å². The van der Waals surface area contributed by atoms with Crippen molar-refractivity contribution in [3.8, 4) is 0 Å². The minimum atomic E-state index is -0.899. The molecular weight excluding hydrogens is 139 g/mol. The van der Waals surface area contributed by atoms with Crippen molar-refractivity contribution in [3.05, 3.63) is 35.9 Å². The van der Waals surface area contributed by atoms with Gasteiger partial charge in [-0.15, -0.1) is 0 Å². The number of carbonyl (C=O) groups is 1. The van der Waals surface area contributed by atoms with E-state index in [0.717, 1.165) is 0 Å². The SMILES string of the molecule is O=C(O)c1cc[c-]cc1.[Na+]. The molecule has 46 valence electrons. The van der Waals surface area contributed by atoms with Crippen LogP contribution in [0, 0.1) is 6.07 Å². The molecule has 0 heterocycles. The first-order valence-electron chi connectivity index (χ1n) is 2.50. The predicted octanol–water partition coefficient (Wildman–Crippen LogP) is -1.81. The number of hydrogen-bond acceptors (Lipinski definition) is 1. The van der Waals surface area contributed by atoms with E-state index >= 15 is 0 Å². The van der Waals surface area contributed by atoms with E-state index in [0.29, 0.717) is 5.56 Å². The summed E-state index contributed by atoms with van der Waals surface area (Å²) < 4.78 is 0. The second-order valence-corrected chi connectivity index (χ2v) is 1.59. The zero-order chi connectivity index (χ0) is 6.69. The zero-order valence-corrected chi connectivity index (χ0v) is 7.66. The van der Waals surface area contributed by atoms with Gasteiger partial charge < -0.3 is 5.11 Å². The normalized spacial score (nSPS) is 8.00. The summed E-state index contributed by atoms with van der Waals surface area (Å²) in [5.41, 5.74) is 0.300. The van der Waals surface area contributed by atoms with Gasteiger partial charge in [0, 0.05) is 0 Å². The number of carboxylic acid groups (broad SMARTS) is 1. The molecular formula is C7H5NaO2. The summed E-state index contributed by atoms with van der Waals surface area (Å²) in [6, 6.07) is 8.87. The molecule has 10 heavy (non-hydrogen) atoms. The van der Waals surface area contributed by atoms with Crippen molar-refractivity contribution >= 4 is 5.97 Å². The van der Waals surface area contributed by atoms with Gasteiger partial charge >= 0.3 is 35.5 Å². The van der Waals surface area contributed by atoms with Gasteiger partial charge in [-0.3, -0.25) is 0 Å². The molecule has 0 saturated carbocycles. The van der Waals surface area contributed by atoms with E-state index in [1.807, 2.05) is 0 Å². The maximum absolute atomic E-state index is 10.2. The summed E-state index contributed by atoms with van der Waals surface area (Å²) in [5.74, 6) is -0.899. The molecule has 2 nitrogen and oxygen atoms in total. The van der Waals surface area contributed by atoms with Gasteiger partial charge in [0.1, 0.15) is 0 Å². The average molecular weight is 144 g/mol. The predicted molar refractivity (Wildman–Crippen MR) is 32.2 cm³/mol. The van der Waals surface area contributed by atoms with Gasteiger partial charge in [-0.25, -0.2) is 4.79 Å². The molecule has 0 amide bonds. The summed E-state index contributed by atoms with van der Waals surface area (Å²) >= 11 is 0. The molecule has 0 radical (unpaired) electrons. The minimum Gasteiger partial charge on any atom is -0.479 e. The fourth-order valence-electron chi connectivity index (χ4n) is 0.529. The number of carboxylic acids is 1. The molecule has 1 N–H and O–H groups in total. The Kier molecular flexibility index (Phi) is 4.36. The Labute approximate surface area is 81.2 Å². The molecule has 3 heteroatoms. The largest absolute Gasteiger partial charge is 1.00 e. The first kappa shape index (κ1) is 9.69. The van der Waals surface area contributed by atoms with E-state index in [4.69, 9.17) is 5.11 Å². The molecule has 0 atom stereocenters. The van der Waals surface area contributed by atoms with Crippen LogP contribution in [0.1, 0.15) is 10.4 Å². The Hall–Kier alpha value is -0.310. The van der Waals surface area contributed by atoms with E-state index in [2.05, 4.69) is 6.07 Å². The second-order valence-electron chi connectivity index (χ2n) is 1.59. The summed E-state index contributed by atoms with van der Waals surface area (Å²) in [7, 11) is 0. The molecule has 0 unspecified atom stereocenters. The van der Waals surface area contributed by atoms with Gasteiger partial charge in [0.25, 0.3) is 0 Å². The van der Waals surface area contributed by atoms with E-state index in [-0.39, 0.29) is 29.6 Å². The summed E-state index contributed by atoms with van der Waals surface area (Å²) in [4.78, 5) is 10.2. The van der Waals surface area contributed by atoms with Crippen molar-refractivity contribution in [2.75, 3.05) is 0 Å². The smallest absolute Gasteiger partial charge is 0.479 e. The Bertz CT molecular complexity index is 208. The molecule has 0 aliphatic rings. The number of benzene rings is 1. The number of hydrogen-bond donors (Lipinski definition) is 1. The molecule has 1 aromatic carbocycles. The molecule has 0 aliphatic carbocycles. The van der Waals surface area contributed by atoms with Gasteiger partial charge in [-0.1, -0.05) is 0 Å². The maximum atomic E-state index is 10.2. The van der Waals surface area contributed by atoms with Crippen LogP contribution < -0.4 is 29.6 Å². The Morgan fingerprint density at radius 2 is 1.90 bits per heavy atom. The Balaban J connectivity index is 0.000000810. The topological polar surface area (TPSA) is 37.3 Å². The first-order chi connectivity index (χ1) is 4.30. The van der Waals surface area contributed by atoms with Crippen molar-refractivity contribution in [3.63, 3.8) is 0 Å². The quantitative estimate of drug-likeness (QED) is 0.372. The third-order valence-electron chi connectivity index (χ3n) is 0.965. The fraction of sp³-hybridized carbons (Fsp3) is 0. The minimum absolute atomic E-state index is 0. The van der Waals surface area contributed by atoms with Gasteiger partial charge in [-0.2, -0.15) is 30.3 Å². The van der Waals surface area contributed by atoms with Crippen LogP contribution >= 0.6 is 0 Å². The van der Waals surface area contributed by atoms with Gasteiger partial charge in [0.15, 0.2) is 0 Å². The summed E-state index contributed by atoms with van der Waals surface area (Å²) in [6.45, 7) is 0. The van der Waals surface area contributed by atoms with Crippen LogP contribution in [0.4, 0.5) is 0 Å². The van der Waals surface area contributed by atoms with E-state index in [9.17, 15) is 4.79 Å². The number of rotatable bonds is 1. The van der Waals surface area contributed by atoms with E-state index < -0.39 is 5.97 Å². The second kappa shape index (κ2) is 4.50. The van der Waals surface area contributed by atoms with Gasteiger partial charge in [0.2, 0.25) is 0 Å². The van der Waals surface area contributed by atoms with Crippen LogP contribution in [0.2, 0.25) is 0 Å². The zero-order valence-electron chi connectivity index (χ0n) is 5.66. The van der Waals surface area contributed by atoms with Crippen LogP contribution in [0.5, 0.6) is 0 Å². The van der Waals surface area contributed by atoms with Crippen molar-refractivity contribution in [1.82, 2.24) is 0 Å². The van der Waals surface area contributed by atoms with Gasteiger partial charge in [-0.05, 0) is 5.56 Å². The Morgan fingerprint density at radius 3 is 2.20 bits per heavy atom. The van der Waals surface area contributed by atoms with Crippen molar-refractivity contribution < 1.29 is 39.5 Å². The summed E-state index contributed by atoms with van der Waals surface area (Å²) in [6.07, 6.45) is 0. The molecule has 0 saturated heterocycles. The van der Waals surface area contributed by atoms with Crippen LogP contribution in [-0.2, 0) is 0 Å². The van der Waals surface area contributed by atoms with Crippen molar-refractivity contribution in [2.24, 2.45) is 0 Å². The molecule has 0 spiro atoms. The van der Waals surface area contributed by atoms with Crippen molar-refractivity contribution in [2.45, 2.75) is 0 Å². The Morgan fingerprint density at radius 1 is 1.40 bits per heavy atom. The number of aromatic carboxylic acids is 1. The monoisotopic (exact) mass is 144 g/mol. The van der Waals surface area contributed by atoms with Gasteiger partial charge in [0.05, 0.1) is 0 Å². The summed E-state index contributed by atoms with van der Waals surface area (Å²) in [5, 5.41) is 8.37. The molecule has 0 fully saturated rings. The average Bonchev–Trinajstić information content (AvgIpc) is 1.90. The van der Waals surface area contributed by atoms with E-state index in [1.54, 1.807) is 12.1 Å². The van der Waals surface area contributed by atoms with Crippen LogP contribution in [0.15, 0.2) is 24.3 Å². The fourth-order valence-corrected chi connectivity index (χ4v) is 0.529. The van der Waals surface area contributed by atoms with Crippen molar-refractivity contribution in [1.29, 1.82) is 0 Å². The van der Waals surface area contributed by atoms with E-state index in [1.165, 1.54) is 12.1 Å². The molecule has 0 aromatic heterocycles. The molecule has 0 bridgehead atoms.